The van der Waals surface area contributed by atoms with E-state index in [4.69, 9.17) is 14.8 Å². The summed E-state index contributed by atoms with van der Waals surface area (Å²) in [6.07, 6.45) is 6.22. The summed E-state index contributed by atoms with van der Waals surface area (Å²) in [7, 11) is -2.06. The van der Waals surface area contributed by atoms with Crippen LogP contribution in [0, 0.1) is 18.8 Å². The number of piperidine rings is 1. The summed E-state index contributed by atoms with van der Waals surface area (Å²) in [6.45, 7) is 7.24. The molecule has 3 aromatic rings. The Balaban J connectivity index is 1.53. The minimum Gasteiger partial charge on any atom is -0.496 e. The van der Waals surface area contributed by atoms with E-state index in [1.165, 1.54) is 0 Å². The molecule has 4 heterocycles. The summed E-state index contributed by atoms with van der Waals surface area (Å²) < 4.78 is 38.0. The van der Waals surface area contributed by atoms with E-state index >= 15 is 0 Å². The number of amidine groups is 1. The Kier molecular flexibility index (Phi) is 6.96. The topological polar surface area (TPSA) is 80.0 Å². The second-order valence-electron chi connectivity index (χ2n) is 10.9. The first-order chi connectivity index (χ1) is 19.2. The second-order valence-corrected chi connectivity index (χ2v) is 13.7. The Bertz CT molecular complexity index is 1650. The van der Waals surface area contributed by atoms with Gasteiger partial charge in [-0.2, -0.15) is 9.40 Å². The predicted molar refractivity (Wildman–Crippen MR) is 160 cm³/mol. The van der Waals surface area contributed by atoms with Crippen LogP contribution in [0.4, 0.5) is 5.82 Å². The number of hydrogen-bond acceptors (Lipinski definition) is 6. The number of para-hydroxylation sites is 1. The maximum atomic E-state index is 13.9. The van der Waals surface area contributed by atoms with Gasteiger partial charge in [-0.05, 0) is 67.7 Å². The number of aliphatic imine (C=N–C) groups is 1. The molecule has 8 nitrogen and oxygen atoms in total. The number of halogens is 1. The van der Waals surface area contributed by atoms with Gasteiger partial charge in [0.25, 0.3) is 0 Å². The SMILES string of the molecule is COc1ccc(Br)cc1[C@@H]1c2c(C)nn(-c3ccccc3)c2N=C2C=CC(S(=O)(=O)N3C[C@H](C)C[C@@H](C)C3)=CN21. The van der Waals surface area contributed by atoms with E-state index in [-0.39, 0.29) is 4.91 Å². The molecule has 2 aromatic carbocycles. The van der Waals surface area contributed by atoms with Gasteiger partial charge in [0.1, 0.15) is 11.6 Å². The quantitative estimate of drug-likeness (QED) is 0.344. The van der Waals surface area contributed by atoms with Gasteiger partial charge >= 0.3 is 0 Å². The fourth-order valence-corrected chi connectivity index (χ4v) is 8.14. The first kappa shape index (κ1) is 27.0. The molecule has 208 valence electrons. The van der Waals surface area contributed by atoms with E-state index in [1.807, 2.05) is 65.0 Å². The molecule has 10 heteroatoms. The number of benzene rings is 2. The average molecular weight is 623 g/mol. The number of nitrogens with zero attached hydrogens (tertiary/aromatic N) is 5. The van der Waals surface area contributed by atoms with Crippen LogP contribution in [-0.2, 0) is 10.0 Å². The molecule has 0 radical (unpaired) electrons. The summed E-state index contributed by atoms with van der Waals surface area (Å²) in [5, 5.41) is 4.89. The molecule has 0 aliphatic carbocycles. The summed E-state index contributed by atoms with van der Waals surface area (Å²) in [5.41, 5.74) is 3.48. The normalized spacial score (nSPS) is 22.8. The Morgan fingerprint density at radius 3 is 2.45 bits per heavy atom. The Hall–Kier alpha value is -3.21. The third-order valence-electron chi connectivity index (χ3n) is 7.74. The molecule has 6 rings (SSSR count). The lowest BCUT2D eigenvalue weighted by molar-refractivity contribution is 0.224. The third kappa shape index (κ3) is 4.61. The highest BCUT2D eigenvalue weighted by Crippen LogP contribution is 2.47. The van der Waals surface area contributed by atoms with Crippen molar-refractivity contribution in [3.05, 3.63) is 93.1 Å². The van der Waals surface area contributed by atoms with Crippen LogP contribution in [0.5, 0.6) is 5.75 Å². The van der Waals surface area contributed by atoms with Crippen LogP contribution >= 0.6 is 15.9 Å². The van der Waals surface area contributed by atoms with Crippen molar-refractivity contribution in [3.63, 3.8) is 0 Å². The van der Waals surface area contributed by atoms with Crippen molar-refractivity contribution in [2.45, 2.75) is 33.2 Å². The van der Waals surface area contributed by atoms with Crippen LogP contribution in [-0.4, -0.2) is 53.4 Å². The fraction of sp³-hybridized carbons (Fsp3) is 0.333. The number of ether oxygens (including phenoxy) is 1. The van der Waals surface area contributed by atoms with Crippen molar-refractivity contribution in [2.75, 3.05) is 20.2 Å². The van der Waals surface area contributed by atoms with E-state index in [0.717, 1.165) is 33.4 Å². The number of aryl methyl sites for hydroxylation is 1. The van der Waals surface area contributed by atoms with Gasteiger partial charge < -0.3 is 9.64 Å². The minimum atomic E-state index is -3.71. The molecule has 1 fully saturated rings. The van der Waals surface area contributed by atoms with Crippen molar-refractivity contribution in [1.82, 2.24) is 19.0 Å². The minimum absolute atomic E-state index is 0.253. The molecule has 3 aliphatic heterocycles. The summed E-state index contributed by atoms with van der Waals surface area (Å²) in [4.78, 5) is 7.22. The van der Waals surface area contributed by atoms with Gasteiger partial charge in [-0.1, -0.05) is 48.0 Å². The lowest BCUT2D eigenvalue weighted by Gasteiger charge is -2.38. The Labute approximate surface area is 243 Å². The molecule has 1 aromatic heterocycles. The maximum absolute atomic E-state index is 13.9. The summed E-state index contributed by atoms with van der Waals surface area (Å²) in [6, 6.07) is 15.4. The zero-order valence-corrected chi connectivity index (χ0v) is 25.4. The van der Waals surface area contributed by atoms with Crippen molar-refractivity contribution >= 4 is 37.6 Å². The fourth-order valence-electron chi connectivity index (χ4n) is 6.07. The average Bonchev–Trinajstić information content (AvgIpc) is 3.27. The van der Waals surface area contributed by atoms with Crippen LogP contribution < -0.4 is 4.74 Å². The van der Waals surface area contributed by atoms with Gasteiger partial charge in [0.2, 0.25) is 10.0 Å². The molecule has 0 spiro atoms. The van der Waals surface area contributed by atoms with Crippen LogP contribution in [0.15, 0.2) is 81.3 Å². The number of rotatable bonds is 5. The molecule has 3 atom stereocenters. The van der Waals surface area contributed by atoms with Crippen LogP contribution in [0.1, 0.15) is 43.1 Å². The Morgan fingerprint density at radius 2 is 1.75 bits per heavy atom. The first-order valence-electron chi connectivity index (χ1n) is 13.4. The van der Waals surface area contributed by atoms with Crippen LogP contribution in [0.2, 0.25) is 0 Å². The van der Waals surface area contributed by atoms with Gasteiger partial charge in [0, 0.05) is 34.9 Å². The van der Waals surface area contributed by atoms with Crippen molar-refractivity contribution in [2.24, 2.45) is 16.8 Å². The first-order valence-corrected chi connectivity index (χ1v) is 15.7. The molecule has 0 saturated carbocycles. The van der Waals surface area contributed by atoms with Crippen molar-refractivity contribution in [3.8, 4) is 11.4 Å². The van der Waals surface area contributed by atoms with E-state index in [1.54, 1.807) is 29.8 Å². The van der Waals surface area contributed by atoms with Gasteiger partial charge in [0.05, 0.1) is 29.4 Å². The van der Waals surface area contributed by atoms with E-state index < -0.39 is 16.1 Å². The Morgan fingerprint density at radius 1 is 1.02 bits per heavy atom. The molecule has 40 heavy (non-hydrogen) atoms. The smallest absolute Gasteiger partial charge is 0.244 e. The molecule has 0 bridgehead atoms. The largest absolute Gasteiger partial charge is 0.496 e. The third-order valence-corrected chi connectivity index (χ3v) is 10.0. The zero-order chi connectivity index (χ0) is 28.2. The molecule has 0 amide bonds. The highest BCUT2D eigenvalue weighted by atomic mass is 79.9. The highest BCUT2D eigenvalue weighted by Gasteiger charge is 2.40. The van der Waals surface area contributed by atoms with Crippen molar-refractivity contribution in [1.29, 1.82) is 0 Å². The number of methoxy groups -OCH3 is 1. The number of aromatic nitrogens is 2. The van der Waals surface area contributed by atoms with Gasteiger partial charge in [-0.25, -0.2) is 18.1 Å². The number of hydrogen-bond donors (Lipinski definition) is 0. The number of allylic oxidation sites excluding steroid dienone is 1. The molecule has 3 aliphatic rings. The molecular weight excluding hydrogens is 590 g/mol. The van der Waals surface area contributed by atoms with Crippen molar-refractivity contribution < 1.29 is 13.2 Å². The van der Waals surface area contributed by atoms with E-state index in [9.17, 15) is 8.42 Å². The maximum Gasteiger partial charge on any atom is 0.244 e. The molecule has 1 saturated heterocycles. The summed E-state index contributed by atoms with van der Waals surface area (Å²) >= 11 is 3.63. The summed E-state index contributed by atoms with van der Waals surface area (Å²) in [5.74, 6) is 2.66. The monoisotopic (exact) mass is 621 g/mol. The zero-order valence-electron chi connectivity index (χ0n) is 23.0. The molecule has 0 N–H and O–H groups in total. The predicted octanol–water partition coefficient (Wildman–Crippen LogP) is 6.11. The number of fused-ring (bicyclic) bond motifs is 2. The second kappa shape index (κ2) is 10.3. The lowest BCUT2D eigenvalue weighted by Crippen LogP contribution is -2.44. The standard InChI is InChI=1S/C30H32BrN5O3S/c1-19-14-20(2)17-34(16-19)40(37,38)24-11-13-27-32-30-28(21(3)33-36(30)23-8-6-5-7-9-23)29(35(27)18-24)25-15-22(31)10-12-26(25)39-4/h5-13,15,18-20,29H,14,16-17H2,1-4H3/t19-,20-,29-/m1/s1. The molecular formula is C30H32BrN5O3S. The van der Waals surface area contributed by atoms with Gasteiger partial charge in [-0.15, -0.1) is 0 Å². The molecule has 0 unspecified atom stereocenters. The number of sulfonamides is 1. The van der Waals surface area contributed by atoms with E-state index in [0.29, 0.717) is 42.3 Å². The van der Waals surface area contributed by atoms with Crippen LogP contribution in [0.25, 0.3) is 5.69 Å². The van der Waals surface area contributed by atoms with Gasteiger partial charge in [-0.3, -0.25) is 0 Å². The lowest BCUT2D eigenvalue weighted by atomic mass is 9.94. The van der Waals surface area contributed by atoms with Gasteiger partial charge in [0.15, 0.2) is 5.82 Å². The highest BCUT2D eigenvalue weighted by molar-refractivity contribution is 9.10. The van der Waals surface area contributed by atoms with Crippen LogP contribution in [0.3, 0.4) is 0 Å². The van der Waals surface area contributed by atoms with E-state index in [2.05, 4.69) is 29.8 Å².